The Morgan fingerprint density at radius 3 is 2.78 bits per heavy atom. The van der Waals surface area contributed by atoms with Crippen LogP contribution in [0.4, 0.5) is 0 Å². The van der Waals surface area contributed by atoms with Gasteiger partial charge in [0.25, 0.3) is 5.56 Å². The van der Waals surface area contributed by atoms with E-state index in [1.807, 2.05) is 0 Å². The topological polar surface area (TPSA) is 70.9 Å². The number of ether oxygens (including phenoxy) is 1. The lowest BCUT2D eigenvalue weighted by Crippen LogP contribution is -2.17. The molecule has 1 aromatic carbocycles. The molecule has 0 spiro atoms. The van der Waals surface area contributed by atoms with Crippen LogP contribution in [-0.4, -0.2) is 23.1 Å². The van der Waals surface area contributed by atoms with Crippen molar-refractivity contribution in [1.82, 2.24) is 9.78 Å². The van der Waals surface area contributed by atoms with Crippen LogP contribution in [0.2, 0.25) is 5.02 Å². The van der Waals surface area contributed by atoms with Gasteiger partial charge in [0, 0.05) is 18.0 Å². The summed E-state index contributed by atoms with van der Waals surface area (Å²) >= 11 is 5.93. The first kappa shape index (κ1) is 12.4. The largest absolute Gasteiger partial charge is 0.495 e. The fourth-order valence-corrected chi connectivity index (χ4v) is 1.89. The molecule has 1 heterocycles. The van der Waals surface area contributed by atoms with Crippen molar-refractivity contribution in [3.05, 3.63) is 44.8 Å². The van der Waals surface area contributed by atoms with Gasteiger partial charge in [0.2, 0.25) is 0 Å². The normalized spacial score (nSPS) is 10.4. The zero-order chi connectivity index (χ0) is 13.3. The van der Waals surface area contributed by atoms with Crippen LogP contribution < -0.4 is 10.3 Å². The number of nitrogens with zero attached hydrogens (tertiary/aromatic N) is 1. The number of hydrogen-bond acceptors (Lipinski definition) is 3. The fraction of sp³-hybridized carbons (Fsp3) is 0.167. The molecule has 2 aromatic rings. The maximum atomic E-state index is 12.0. The van der Waals surface area contributed by atoms with Gasteiger partial charge in [-0.2, -0.15) is 0 Å². The molecular weight excluding hydrogens is 254 g/mol. The number of benzene rings is 1. The van der Waals surface area contributed by atoms with E-state index in [9.17, 15) is 4.79 Å². The lowest BCUT2D eigenvalue weighted by Gasteiger charge is -2.06. The maximum Gasteiger partial charge on any atom is 0.280 e. The first-order valence-electron chi connectivity index (χ1n) is 5.24. The van der Waals surface area contributed by atoms with E-state index in [2.05, 4.69) is 5.10 Å². The molecule has 0 aliphatic carbocycles. The number of nitrogens with one attached hydrogen (secondary N) is 2. The second kappa shape index (κ2) is 4.70. The quantitative estimate of drug-likeness (QED) is 0.835. The summed E-state index contributed by atoms with van der Waals surface area (Å²) in [4.78, 5) is 12.0. The molecule has 2 rings (SSSR count). The molecule has 0 saturated heterocycles. The standard InChI is InChI=1S/C12H12ClN3O2/c1-7-9(6-14)12(17)16(15-7)8-3-4-10(13)11(5-8)18-2/h3-6,14-15H,1-2H3. The van der Waals surface area contributed by atoms with Crippen molar-refractivity contribution in [2.24, 2.45) is 0 Å². The highest BCUT2D eigenvalue weighted by molar-refractivity contribution is 6.32. The number of hydrogen-bond donors (Lipinski definition) is 2. The number of rotatable bonds is 3. The third kappa shape index (κ3) is 1.93. The van der Waals surface area contributed by atoms with Crippen LogP contribution >= 0.6 is 11.6 Å². The Kier molecular flexibility index (Phi) is 3.25. The Bertz CT molecular complexity index is 658. The third-order valence-corrected chi connectivity index (χ3v) is 2.97. The summed E-state index contributed by atoms with van der Waals surface area (Å²) in [6, 6.07) is 5.02. The minimum Gasteiger partial charge on any atom is -0.495 e. The molecule has 0 amide bonds. The zero-order valence-electron chi connectivity index (χ0n) is 9.95. The number of halogens is 1. The summed E-state index contributed by atoms with van der Waals surface area (Å²) in [5.41, 5.74) is 1.32. The monoisotopic (exact) mass is 265 g/mol. The van der Waals surface area contributed by atoms with E-state index in [4.69, 9.17) is 21.7 Å². The molecule has 0 radical (unpaired) electrons. The zero-order valence-corrected chi connectivity index (χ0v) is 10.7. The Balaban J connectivity index is 2.62. The number of H-pyrrole nitrogens is 1. The molecule has 0 fully saturated rings. The van der Waals surface area contributed by atoms with Crippen LogP contribution in [0.15, 0.2) is 23.0 Å². The summed E-state index contributed by atoms with van der Waals surface area (Å²) in [6.45, 7) is 1.74. The van der Waals surface area contributed by atoms with E-state index in [0.717, 1.165) is 6.21 Å². The molecule has 0 saturated carbocycles. The van der Waals surface area contributed by atoms with Crippen LogP contribution in [-0.2, 0) is 0 Å². The smallest absolute Gasteiger partial charge is 0.280 e. The van der Waals surface area contributed by atoms with Gasteiger partial charge in [0.1, 0.15) is 5.75 Å². The van der Waals surface area contributed by atoms with Gasteiger partial charge in [-0.15, -0.1) is 0 Å². The molecule has 94 valence electrons. The van der Waals surface area contributed by atoms with Crippen molar-refractivity contribution >= 4 is 17.8 Å². The van der Waals surface area contributed by atoms with Crippen molar-refractivity contribution in [1.29, 1.82) is 5.41 Å². The fourth-order valence-electron chi connectivity index (χ4n) is 1.70. The summed E-state index contributed by atoms with van der Waals surface area (Å²) in [6.07, 6.45) is 1.04. The van der Waals surface area contributed by atoms with Gasteiger partial charge in [0.15, 0.2) is 0 Å². The molecular formula is C12H12ClN3O2. The van der Waals surface area contributed by atoms with Gasteiger partial charge in [-0.05, 0) is 19.1 Å². The van der Waals surface area contributed by atoms with Crippen LogP contribution in [0.3, 0.4) is 0 Å². The molecule has 2 N–H and O–H groups in total. The number of aromatic amines is 1. The first-order chi connectivity index (χ1) is 8.58. The van der Waals surface area contributed by atoms with E-state index in [0.29, 0.717) is 27.7 Å². The highest BCUT2D eigenvalue weighted by atomic mass is 35.5. The van der Waals surface area contributed by atoms with Gasteiger partial charge in [-0.25, -0.2) is 4.68 Å². The van der Waals surface area contributed by atoms with Crippen molar-refractivity contribution in [2.75, 3.05) is 7.11 Å². The van der Waals surface area contributed by atoms with E-state index in [1.54, 1.807) is 25.1 Å². The minimum absolute atomic E-state index is 0.271. The van der Waals surface area contributed by atoms with Gasteiger partial charge in [-0.1, -0.05) is 11.6 Å². The highest BCUT2D eigenvalue weighted by Crippen LogP contribution is 2.26. The van der Waals surface area contributed by atoms with Crippen LogP contribution in [0.5, 0.6) is 5.75 Å². The van der Waals surface area contributed by atoms with E-state index in [1.165, 1.54) is 11.8 Å². The summed E-state index contributed by atoms with van der Waals surface area (Å²) in [7, 11) is 1.51. The molecule has 0 bridgehead atoms. The average Bonchev–Trinajstić information content (AvgIpc) is 2.65. The third-order valence-electron chi connectivity index (χ3n) is 2.65. The predicted molar refractivity (Wildman–Crippen MR) is 70.6 cm³/mol. The van der Waals surface area contributed by atoms with Crippen molar-refractivity contribution in [2.45, 2.75) is 6.92 Å². The molecule has 6 heteroatoms. The van der Waals surface area contributed by atoms with Gasteiger partial charge in [-0.3, -0.25) is 9.89 Å². The predicted octanol–water partition coefficient (Wildman–Crippen LogP) is 2.13. The summed E-state index contributed by atoms with van der Waals surface area (Å²) in [5.74, 6) is 0.490. The molecule has 1 aromatic heterocycles. The SMILES string of the molecule is COc1cc(-n2[nH]c(C)c(C=N)c2=O)ccc1Cl. The van der Waals surface area contributed by atoms with Crippen LogP contribution in [0, 0.1) is 12.3 Å². The van der Waals surface area contributed by atoms with Gasteiger partial charge >= 0.3 is 0 Å². The Morgan fingerprint density at radius 1 is 1.50 bits per heavy atom. The summed E-state index contributed by atoms with van der Waals surface area (Å²) in [5, 5.41) is 10.6. The molecule has 0 unspecified atom stereocenters. The molecule has 5 nitrogen and oxygen atoms in total. The summed E-state index contributed by atoms with van der Waals surface area (Å²) < 4.78 is 6.46. The van der Waals surface area contributed by atoms with E-state index in [-0.39, 0.29) is 5.56 Å². The van der Waals surface area contributed by atoms with Crippen LogP contribution in [0.25, 0.3) is 5.69 Å². The average molecular weight is 266 g/mol. The lowest BCUT2D eigenvalue weighted by molar-refractivity contribution is 0.414. The van der Waals surface area contributed by atoms with Gasteiger partial charge in [0.05, 0.1) is 23.4 Å². The van der Waals surface area contributed by atoms with E-state index < -0.39 is 0 Å². The molecule has 0 aliphatic rings. The Morgan fingerprint density at radius 2 is 2.22 bits per heavy atom. The first-order valence-corrected chi connectivity index (χ1v) is 5.62. The molecule has 0 aliphatic heterocycles. The Hall–Kier alpha value is -2.01. The van der Waals surface area contributed by atoms with Crippen molar-refractivity contribution in [3.63, 3.8) is 0 Å². The van der Waals surface area contributed by atoms with Crippen LogP contribution in [0.1, 0.15) is 11.3 Å². The van der Waals surface area contributed by atoms with E-state index >= 15 is 0 Å². The Labute approximate surface area is 108 Å². The number of methoxy groups -OCH3 is 1. The second-order valence-corrected chi connectivity index (χ2v) is 4.16. The highest BCUT2D eigenvalue weighted by Gasteiger charge is 2.11. The number of aromatic nitrogens is 2. The molecule has 0 atom stereocenters. The number of aryl methyl sites for hydroxylation is 1. The van der Waals surface area contributed by atoms with Crippen molar-refractivity contribution in [3.8, 4) is 11.4 Å². The maximum absolute atomic E-state index is 12.0. The van der Waals surface area contributed by atoms with Crippen molar-refractivity contribution < 1.29 is 4.74 Å². The second-order valence-electron chi connectivity index (χ2n) is 3.75. The minimum atomic E-state index is -0.271. The lowest BCUT2D eigenvalue weighted by atomic mass is 10.3. The van der Waals surface area contributed by atoms with Gasteiger partial charge < -0.3 is 10.1 Å². The molecule has 18 heavy (non-hydrogen) atoms.